The first-order chi connectivity index (χ1) is 13.0. The van der Waals surface area contributed by atoms with Gasteiger partial charge in [0.1, 0.15) is 12.4 Å². The second-order valence-corrected chi connectivity index (χ2v) is 6.87. The third-order valence-electron chi connectivity index (χ3n) is 4.15. The van der Waals surface area contributed by atoms with E-state index in [-0.39, 0.29) is 12.5 Å². The van der Waals surface area contributed by atoms with Gasteiger partial charge < -0.3 is 9.88 Å². The molecule has 0 unspecified atom stereocenters. The number of hydrogen-bond donors (Lipinski definition) is 3. The van der Waals surface area contributed by atoms with E-state index in [2.05, 4.69) is 27.2 Å². The van der Waals surface area contributed by atoms with Crippen molar-refractivity contribution in [3.8, 4) is 0 Å². The lowest BCUT2D eigenvalue weighted by molar-refractivity contribution is -0.122. The molecule has 0 saturated carbocycles. The molecule has 0 fully saturated rings. The number of carbonyl (C=O) groups excluding carboxylic acids is 1. The van der Waals surface area contributed by atoms with E-state index in [4.69, 9.17) is 12.2 Å². The minimum Gasteiger partial charge on any atom is -0.331 e. The molecule has 0 saturated heterocycles. The fraction of sp³-hybridized carbons (Fsp3) is 0.250. The van der Waals surface area contributed by atoms with Crippen LogP contribution in [0.25, 0.3) is 11.0 Å². The molecule has 2 aromatic carbocycles. The van der Waals surface area contributed by atoms with E-state index in [9.17, 15) is 4.79 Å². The number of nitrogens with one attached hydrogen (secondary N) is 3. The quantitative estimate of drug-likeness (QED) is 0.478. The van der Waals surface area contributed by atoms with Gasteiger partial charge in [0.2, 0.25) is 0 Å². The minimum atomic E-state index is -0.197. The summed E-state index contributed by atoms with van der Waals surface area (Å²) in [6, 6.07) is 13.9. The maximum absolute atomic E-state index is 12.4. The maximum atomic E-state index is 12.4. The topological polar surface area (TPSA) is 71.0 Å². The monoisotopic (exact) mass is 381 g/mol. The zero-order chi connectivity index (χ0) is 19.4. The fourth-order valence-corrected chi connectivity index (χ4v) is 3.26. The maximum Gasteiger partial charge on any atom is 0.258 e. The molecular formula is C20H23N5OS. The molecule has 1 heterocycles. The van der Waals surface area contributed by atoms with Crippen molar-refractivity contribution in [3.63, 3.8) is 0 Å². The summed E-state index contributed by atoms with van der Waals surface area (Å²) in [5.41, 5.74) is 10.4. The average Bonchev–Trinajstić information content (AvgIpc) is 2.97. The Morgan fingerprint density at radius 2 is 1.81 bits per heavy atom. The first-order valence-electron chi connectivity index (χ1n) is 8.84. The van der Waals surface area contributed by atoms with Gasteiger partial charge in [0.15, 0.2) is 5.11 Å². The van der Waals surface area contributed by atoms with E-state index in [1.54, 1.807) is 0 Å². The van der Waals surface area contributed by atoms with Gasteiger partial charge in [-0.15, -0.1) is 0 Å². The first-order valence-corrected chi connectivity index (χ1v) is 9.25. The van der Waals surface area contributed by atoms with Crippen molar-refractivity contribution < 1.29 is 4.79 Å². The highest BCUT2D eigenvalue weighted by atomic mass is 32.1. The number of benzene rings is 2. The lowest BCUT2D eigenvalue weighted by Crippen LogP contribution is -2.45. The zero-order valence-electron chi connectivity index (χ0n) is 15.7. The Balaban J connectivity index is 1.61. The summed E-state index contributed by atoms with van der Waals surface area (Å²) in [7, 11) is 0. The Kier molecular flexibility index (Phi) is 5.71. The zero-order valence-corrected chi connectivity index (χ0v) is 16.5. The van der Waals surface area contributed by atoms with Crippen LogP contribution in [0.3, 0.4) is 0 Å². The molecule has 0 spiro atoms. The molecule has 0 radical (unpaired) electrons. The summed E-state index contributed by atoms with van der Waals surface area (Å²) in [6.45, 7) is 6.24. The number of imidazole rings is 1. The van der Waals surface area contributed by atoms with Gasteiger partial charge in [-0.1, -0.05) is 25.1 Å². The smallest absolute Gasteiger partial charge is 0.258 e. The molecule has 140 valence electrons. The Bertz CT molecular complexity index is 975. The number of aromatic nitrogens is 2. The number of hydrogen-bond acceptors (Lipinski definition) is 3. The molecule has 0 aliphatic carbocycles. The number of nitrogens with zero attached hydrogens (tertiary/aromatic N) is 2. The van der Waals surface area contributed by atoms with E-state index in [0.29, 0.717) is 5.11 Å². The van der Waals surface area contributed by atoms with Gasteiger partial charge in [-0.2, -0.15) is 0 Å². The van der Waals surface area contributed by atoms with Gasteiger partial charge >= 0.3 is 0 Å². The van der Waals surface area contributed by atoms with Crippen molar-refractivity contribution in [1.29, 1.82) is 0 Å². The molecule has 6 nitrogen and oxygen atoms in total. The molecule has 1 aromatic heterocycles. The molecule has 0 atom stereocenters. The van der Waals surface area contributed by atoms with Gasteiger partial charge in [-0.05, 0) is 61.5 Å². The van der Waals surface area contributed by atoms with Crippen molar-refractivity contribution in [2.75, 3.05) is 5.32 Å². The molecular weight excluding hydrogens is 358 g/mol. The normalized spacial score (nSPS) is 10.6. The van der Waals surface area contributed by atoms with E-state index in [1.807, 2.05) is 61.7 Å². The number of anilines is 1. The third-order valence-corrected chi connectivity index (χ3v) is 4.35. The summed E-state index contributed by atoms with van der Waals surface area (Å²) >= 11 is 5.26. The average molecular weight is 382 g/mol. The fourth-order valence-electron chi connectivity index (χ4n) is 3.09. The summed E-state index contributed by atoms with van der Waals surface area (Å²) in [5, 5.41) is 3.41. The number of rotatable bonds is 4. The third kappa shape index (κ3) is 4.62. The molecule has 1 amide bonds. The van der Waals surface area contributed by atoms with E-state index in [1.165, 1.54) is 0 Å². The van der Waals surface area contributed by atoms with E-state index in [0.717, 1.165) is 40.1 Å². The van der Waals surface area contributed by atoms with Gasteiger partial charge in [-0.25, -0.2) is 4.98 Å². The van der Waals surface area contributed by atoms with Gasteiger partial charge in [0.05, 0.1) is 11.0 Å². The van der Waals surface area contributed by atoms with Crippen LogP contribution < -0.4 is 16.2 Å². The van der Waals surface area contributed by atoms with Crippen molar-refractivity contribution in [2.45, 2.75) is 33.7 Å². The number of para-hydroxylation sites is 2. The highest BCUT2D eigenvalue weighted by Gasteiger charge is 2.12. The standard InChI is InChI=1S/C20H23N5OS/c1-4-18-22-16-7-5-6-8-17(16)25(18)12-19(26)23-24-20(27)21-15-10-13(2)9-14(3)11-15/h5-11H,4,12H2,1-3H3,(H,23,26)(H2,21,24,27). The Labute approximate surface area is 164 Å². The largest absolute Gasteiger partial charge is 0.331 e. The molecule has 27 heavy (non-hydrogen) atoms. The van der Waals surface area contributed by atoms with Crippen LogP contribution in [0, 0.1) is 13.8 Å². The lowest BCUT2D eigenvalue weighted by atomic mass is 10.1. The Morgan fingerprint density at radius 3 is 2.52 bits per heavy atom. The predicted molar refractivity (Wildman–Crippen MR) is 113 cm³/mol. The number of fused-ring (bicyclic) bond motifs is 1. The summed E-state index contributed by atoms with van der Waals surface area (Å²) in [5.74, 6) is 0.680. The van der Waals surface area contributed by atoms with Crippen molar-refractivity contribution in [3.05, 3.63) is 59.4 Å². The van der Waals surface area contributed by atoms with Gasteiger partial charge in [0.25, 0.3) is 5.91 Å². The number of thiocarbonyl (C=S) groups is 1. The van der Waals surface area contributed by atoms with Gasteiger partial charge in [0, 0.05) is 12.1 Å². The number of hydrazine groups is 1. The Morgan fingerprint density at radius 1 is 1.11 bits per heavy atom. The first kappa shape index (κ1) is 18.8. The highest BCUT2D eigenvalue weighted by Crippen LogP contribution is 2.16. The van der Waals surface area contributed by atoms with Crippen LogP contribution in [-0.4, -0.2) is 20.6 Å². The van der Waals surface area contributed by atoms with Gasteiger partial charge in [-0.3, -0.25) is 15.6 Å². The van der Waals surface area contributed by atoms with Crippen LogP contribution in [0.4, 0.5) is 5.69 Å². The molecule has 0 aliphatic heterocycles. The SMILES string of the molecule is CCc1nc2ccccc2n1CC(=O)NNC(=S)Nc1cc(C)cc(C)c1. The molecule has 7 heteroatoms. The van der Waals surface area contributed by atoms with Crippen LogP contribution >= 0.6 is 12.2 Å². The summed E-state index contributed by atoms with van der Waals surface area (Å²) in [6.07, 6.45) is 0.752. The van der Waals surface area contributed by atoms with Crippen LogP contribution in [-0.2, 0) is 17.8 Å². The summed E-state index contributed by atoms with van der Waals surface area (Å²) in [4.78, 5) is 17.0. The van der Waals surface area contributed by atoms with Crippen molar-refractivity contribution in [2.24, 2.45) is 0 Å². The molecule has 0 aliphatic rings. The summed E-state index contributed by atoms with van der Waals surface area (Å²) < 4.78 is 1.92. The molecule has 3 N–H and O–H groups in total. The van der Waals surface area contributed by atoms with Crippen molar-refractivity contribution in [1.82, 2.24) is 20.4 Å². The van der Waals surface area contributed by atoms with E-state index >= 15 is 0 Å². The highest BCUT2D eigenvalue weighted by molar-refractivity contribution is 7.80. The molecule has 0 bridgehead atoms. The molecule has 3 aromatic rings. The predicted octanol–water partition coefficient (Wildman–Crippen LogP) is 3.23. The Hall–Kier alpha value is -2.93. The van der Waals surface area contributed by atoms with E-state index < -0.39 is 0 Å². The second kappa shape index (κ2) is 8.18. The number of carbonyl (C=O) groups is 1. The minimum absolute atomic E-state index is 0.169. The lowest BCUT2D eigenvalue weighted by Gasteiger charge is -2.13. The van der Waals surface area contributed by atoms with Crippen LogP contribution in [0.15, 0.2) is 42.5 Å². The number of aryl methyl sites for hydroxylation is 3. The van der Waals surface area contributed by atoms with Crippen LogP contribution in [0.1, 0.15) is 23.9 Å². The second-order valence-electron chi connectivity index (χ2n) is 6.46. The molecule has 3 rings (SSSR count). The number of amides is 1. The van der Waals surface area contributed by atoms with Crippen LogP contribution in [0.5, 0.6) is 0 Å². The van der Waals surface area contributed by atoms with Crippen LogP contribution in [0.2, 0.25) is 0 Å². The van der Waals surface area contributed by atoms with Crippen molar-refractivity contribution >= 4 is 40.0 Å².